The zero-order chi connectivity index (χ0) is 30.3. The van der Waals surface area contributed by atoms with Gasteiger partial charge in [-0.05, 0) is 60.5 Å². The first-order valence-electron chi connectivity index (χ1n) is 12.3. The molecule has 3 aromatic carbocycles. The fourth-order valence-electron chi connectivity index (χ4n) is 4.62. The van der Waals surface area contributed by atoms with Gasteiger partial charge in [-0.1, -0.05) is 76.7 Å². The number of thiazole rings is 1. The molecule has 1 aromatic heterocycles. The molecule has 216 valence electrons. The lowest BCUT2D eigenvalue weighted by Gasteiger charge is -2.28. The number of aromatic nitrogens is 1. The summed E-state index contributed by atoms with van der Waals surface area (Å²) in [7, 11) is -4.40. The van der Waals surface area contributed by atoms with Gasteiger partial charge < -0.3 is 10.5 Å². The number of halogens is 4. The van der Waals surface area contributed by atoms with E-state index in [1.807, 2.05) is 0 Å². The van der Waals surface area contributed by atoms with E-state index in [4.69, 9.17) is 56.9 Å². The Balaban J connectivity index is 1.95. The van der Waals surface area contributed by atoms with Crippen molar-refractivity contribution >= 4 is 91.0 Å². The fraction of sp³-hybridized carbons (Fsp3) is 0.103. The van der Waals surface area contributed by atoms with E-state index >= 15 is 0 Å². The number of hydrogen-bond acceptors (Lipinski definition) is 7. The number of nitrogens with two attached hydrogens (primary N) is 1. The number of benzene rings is 3. The molecular weight excluding hydrogens is 662 g/mol. The predicted molar refractivity (Wildman–Crippen MR) is 168 cm³/mol. The summed E-state index contributed by atoms with van der Waals surface area (Å²) >= 11 is 26.1. The average molecular weight is 682 g/mol. The smallest absolute Gasteiger partial charge is 0.338 e. The number of allylic oxidation sites excluding steroid dienone is 1. The Morgan fingerprint density at radius 1 is 1.00 bits per heavy atom. The van der Waals surface area contributed by atoms with Crippen molar-refractivity contribution in [2.24, 2.45) is 5.73 Å². The van der Waals surface area contributed by atoms with Crippen LogP contribution in [0.4, 0.5) is 0 Å². The number of nitrogens with zero attached hydrogens (tertiary/aromatic N) is 1. The molecule has 1 unspecified atom stereocenters. The predicted octanol–water partition coefficient (Wildman–Crippen LogP) is 5.42. The number of carbonyl (C=O) groups excluding carboxylic acids is 1. The van der Waals surface area contributed by atoms with Gasteiger partial charge in [0.25, 0.3) is 5.56 Å². The van der Waals surface area contributed by atoms with E-state index < -0.39 is 32.2 Å². The molecule has 2 N–H and O–H groups in total. The Kier molecular flexibility index (Phi) is 8.63. The van der Waals surface area contributed by atoms with Gasteiger partial charge in [-0.15, -0.1) is 11.3 Å². The van der Waals surface area contributed by atoms with Crippen molar-refractivity contribution in [2.45, 2.75) is 17.7 Å². The molecule has 1 aliphatic heterocycles. The van der Waals surface area contributed by atoms with Crippen LogP contribution in [0.1, 0.15) is 24.0 Å². The normalized spacial score (nSPS) is 15.6. The minimum Gasteiger partial charge on any atom is -0.463 e. The van der Waals surface area contributed by atoms with E-state index in [9.17, 15) is 18.0 Å². The van der Waals surface area contributed by atoms with Gasteiger partial charge in [0, 0.05) is 20.1 Å². The van der Waals surface area contributed by atoms with Crippen LogP contribution < -0.4 is 20.5 Å². The fourth-order valence-corrected chi connectivity index (χ4v) is 8.45. The van der Waals surface area contributed by atoms with E-state index in [1.165, 1.54) is 42.5 Å². The van der Waals surface area contributed by atoms with Crippen molar-refractivity contribution in [2.75, 3.05) is 6.61 Å². The summed E-state index contributed by atoms with van der Waals surface area (Å²) in [6.45, 7) is 1.60. The number of ether oxygens (including phenoxy) is 1. The third-order valence-electron chi connectivity index (χ3n) is 6.46. The lowest BCUT2D eigenvalue weighted by molar-refractivity contribution is -0.136. The van der Waals surface area contributed by atoms with Crippen LogP contribution >= 0.6 is 57.7 Å². The van der Waals surface area contributed by atoms with E-state index in [1.54, 1.807) is 37.3 Å². The quantitative estimate of drug-likeness (QED) is 0.272. The summed E-state index contributed by atoms with van der Waals surface area (Å²) in [6, 6.07) is 16.8. The van der Waals surface area contributed by atoms with Crippen LogP contribution in [0.3, 0.4) is 0 Å². The van der Waals surface area contributed by atoms with Crippen LogP contribution in [-0.4, -0.2) is 25.6 Å². The Labute approximate surface area is 264 Å². The number of sulfone groups is 1. The van der Waals surface area contributed by atoms with Crippen molar-refractivity contribution < 1.29 is 17.9 Å². The average Bonchev–Trinajstić information content (AvgIpc) is 3.26. The van der Waals surface area contributed by atoms with Crippen LogP contribution in [0, 0.1) is 0 Å². The third kappa shape index (κ3) is 5.41. The van der Waals surface area contributed by atoms with Gasteiger partial charge in [0.05, 0.1) is 27.5 Å². The Morgan fingerprint density at radius 2 is 1.64 bits per heavy atom. The van der Waals surface area contributed by atoms with Crippen LogP contribution in [-0.2, 0) is 19.4 Å². The first kappa shape index (κ1) is 30.4. The molecule has 0 bridgehead atoms. The number of carbonyl (C=O) groups is 1. The van der Waals surface area contributed by atoms with E-state index in [2.05, 4.69) is 0 Å². The molecule has 7 nitrogen and oxygen atoms in total. The molecule has 0 aliphatic carbocycles. The molecule has 0 amide bonds. The second-order valence-corrected chi connectivity index (χ2v) is 13.7. The van der Waals surface area contributed by atoms with Gasteiger partial charge in [0.15, 0.2) is 0 Å². The standard InChI is InChI=1S/C29H20Cl4N2O5S2/c1-2-40-29(37)24-23(19-11-10-17(31)14-21(19)33)25(42(38,39)18-6-4-3-5-7-18)26(34)35-27(36)22(41-28(24)35)12-15-8-9-16(30)13-20(15)32/h3-14,23H,2,34H2,1H3/b22-12+. The van der Waals surface area contributed by atoms with Crippen molar-refractivity contribution in [3.8, 4) is 0 Å². The molecule has 13 heteroatoms. The molecular formula is C29H20Cl4N2O5S2. The number of hydrogen-bond donors (Lipinski definition) is 1. The molecule has 4 aromatic rings. The molecule has 0 spiro atoms. The van der Waals surface area contributed by atoms with Crippen LogP contribution in [0.5, 0.6) is 0 Å². The highest BCUT2D eigenvalue weighted by atomic mass is 35.5. The number of esters is 1. The van der Waals surface area contributed by atoms with Crippen molar-refractivity contribution in [3.05, 3.63) is 122 Å². The monoisotopic (exact) mass is 680 g/mol. The number of rotatable bonds is 6. The molecule has 2 heterocycles. The second kappa shape index (κ2) is 11.9. The summed E-state index contributed by atoms with van der Waals surface area (Å²) in [4.78, 5) is 27.0. The van der Waals surface area contributed by atoms with Gasteiger partial charge >= 0.3 is 5.97 Å². The summed E-state index contributed by atoms with van der Waals surface area (Å²) in [5.74, 6) is -2.54. The lowest BCUT2D eigenvalue weighted by atomic mass is 9.89. The summed E-state index contributed by atoms with van der Waals surface area (Å²) in [5.41, 5.74) is 6.54. The highest BCUT2D eigenvalue weighted by Crippen LogP contribution is 2.44. The molecule has 0 saturated carbocycles. The molecule has 0 fully saturated rings. The molecule has 5 rings (SSSR count). The maximum absolute atomic E-state index is 14.3. The summed E-state index contributed by atoms with van der Waals surface area (Å²) in [5, 5.41) is 1.08. The maximum atomic E-state index is 14.3. The highest BCUT2D eigenvalue weighted by molar-refractivity contribution is 7.95. The minimum absolute atomic E-state index is 0.0155. The van der Waals surface area contributed by atoms with Gasteiger partial charge in [0.1, 0.15) is 15.4 Å². The van der Waals surface area contributed by atoms with Crippen LogP contribution in [0.15, 0.2) is 81.3 Å². The van der Waals surface area contributed by atoms with E-state index in [0.29, 0.717) is 15.6 Å². The largest absolute Gasteiger partial charge is 0.463 e. The Hall–Kier alpha value is -3.05. The van der Waals surface area contributed by atoms with Crippen molar-refractivity contribution in [1.29, 1.82) is 0 Å². The third-order valence-corrected chi connectivity index (χ3v) is 10.6. The summed E-state index contributed by atoms with van der Waals surface area (Å²) in [6.07, 6.45) is 1.52. The zero-order valence-corrected chi connectivity index (χ0v) is 26.3. The Morgan fingerprint density at radius 3 is 2.26 bits per heavy atom. The highest BCUT2D eigenvalue weighted by Gasteiger charge is 2.43. The van der Waals surface area contributed by atoms with Crippen molar-refractivity contribution in [3.63, 3.8) is 0 Å². The van der Waals surface area contributed by atoms with Gasteiger partial charge in [-0.3, -0.25) is 9.36 Å². The molecule has 42 heavy (non-hydrogen) atoms. The molecule has 0 radical (unpaired) electrons. The topological polar surface area (TPSA) is 108 Å². The molecule has 1 atom stereocenters. The van der Waals surface area contributed by atoms with E-state index in [0.717, 1.165) is 15.9 Å². The van der Waals surface area contributed by atoms with Gasteiger partial charge in [-0.25, -0.2) is 13.2 Å². The number of fused-ring (bicyclic) bond motifs is 1. The maximum Gasteiger partial charge on any atom is 0.338 e. The second-order valence-electron chi connectivity index (χ2n) is 9.02. The van der Waals surface area contributed by atoms with E-state index in [-0.39, 0.29) is 47.7 Å². The van der Waals surface area contributed by atoms with Gasteiger partial charge in [-0.2, -0.15) is 0 Å². The lowest BCUT2D eigenvalue weighted by Crippen LogP contribution is -2.41. The Bertz CT molecular complexity index is 2070. The van der Waals surface area contributed by atoms with Crippen LogP contribution in [0.25, 0.3) is 17.5 Å². The first-order chi connectivity index (χ1) is 19.9. The van der Waals surface area contributed by atoms with Crippen LogP contribution in [0.2, 0.25) is 20.1 Å². The molecule has 1 aliphatic rings. The summed E-state index contributed by atoms with van der Waals surface area (Å²) < 4.78 is 35.2. The SMILES string of the molecule is CCOC(=O)C1=c2s/c(=C/c3ccc(Cl)cc3Cl)c(=O)n2C(N)=C(S(=O)(=O)c2ccccc2)C1c1ccc(Cl)cc1Cl. The first-order valence-corrected chi connectivity index (χ1v) is 16.1. The zero-order valence-electron chi connectivity index (χ0n) is 21.6. The molecule has 0 saturated heterocycles. The van der Waals surface area contributed by atoms with Gasteiger partial charge in [0.2, 0.25) is 9.84 Å². The minimum atomic E-state index is -4.40. The van der Waals surface area contributed by atoms with Crippen molar-refractivity contribution in [1.82, 2.24) is 4.57 Å².